The molecular weight excluding hydrogens is 254 g/mol. The van der Waals surface area contributed by atoms with Crippen LogP contribution in [0.1, 0.15) is 12.6 Å². The Morgan fingerprint density at radius 1 is 1.63 bits per heavy atom. The quantitative estimate of drug-likeness (QED) is 0.510. The van der Waals surface area contributed by atoms with Crippen molar-refractivity contribution in [1.29, 1.82) is 0 Å². The lowest BCUT2D eigenvalue weighted by Gasteiger charge is -2.12. The van der Waals surface area contributed by atoms with Gasteiger partial charge >= 0.3 is 0 Å². The van der Waals surface area contributed by atoms with Crippen LogP contribution in [-0.4, -0.2) is 48.8 Å². The third-order valence-corrected chi connectivity index (χ3v) is 3.14. The normalized spacial score (nSPS) is 27.2. The summed E-state index contributed by atoms with van der Waals surface area (Å²) in [6.07, 6.45) is -0.408. The number of ether oxygens (including phenoxy) is 1. The molecule has 3 atom stereocenters. The summed E-state index contributed by atoms with van der Waals surface area (Å²) in [6.45, 7) is -0.285. The standard InChI is InChI=1S/C10H13N5O4/c11-10-13-8-4(9(18)14-10)2-12-15(8)7-1-5(17)6(3-16)19-7/h2,5-7,16-17H,1,3H2,(H3,11,13,14,18)/t5-,6+,7-/m0/s1. The molecule has 0 spiro atoms. The molecule has 102 valence electrons. The summed E-state index contributed by atoms with van der Waals surface area (Å²) in [5, 5.41) is 23.1. The number of nitrogen functional groups attached to an aromatic ring is 1. The molecule has 1 aliphatic rings. The van der Waals surface area contributed by atoms with Gasteiger partial charge in [0.25, 0.3) is 5.56 Å². The molecule has 1 saturated heterocycles. The number of fused-ring (bicyclic) bond motifs is 1. The van der Waals surface area contributed by atoms with Gasteiger partial charge in [0.15, 0.2) is 11.9 Å². The maximum Gasteiger partial charge on any atom is 0.263 e. The molecule has 0 aliphatic carbocycles. The van der Waals surface area contributed by atoms with Crippen LogP contribution in [0.25, 0.3) is 11.0 Å². The molecule has 9 nitrogen and oxygen atoms in total. The van der Waals surface area contributed by atoms with Crippen molar-refractivity contribution in [3.63, 3.8) is 0 Å². The highest BCUT2D eigenvalue weighted by Crippen LogP contribution is 2.29. The number of H-pyrrole nitrogens is 1. The van der Waals surface area contributed by atoms with Crippen LogP contribution < -0.4 is 11.3 Å². The van der Waals surface area contributed by atoms with Crippen molar-refractivity contribution in [3.05, 3.63) is 16.6 Å². The molecule has 1 aliphatic heterocycles. The number of aromatic nitrogens is 4. The zero-order chi connectivity index (χ0) is 13.6. The third-order valence-electron chi connectivity index (χ3n) is 3.14. The zero-order valence-electron chi connectivity index (χ0n) is 9.85. The molecular formula is C10H13N5O4. The lowest BCUT2D eigenvalue weighted by molar-refractivity contribution is -0.0470. The van der Waals surface area contributed by atoms with Gasteiger partial charge in [-0.2, -0.15) is 10.1 Å². The van der Waals surface area contributed by atoms with Crippen LogP contribution in [-0.2, 0) is 4.74 Å². The van der Waals surface area contributed by atoms with Gasteiger partial charge in [0.05, 0.1) is 18.9 Å². The fourth-order valence-corrected chi connectivity index (χ4v) is 2.19. The number of hydrogen-bond acceptors (Lipinski definition) is 7. The number of rotatable bonds is 2. The van der Waals surface area contributed by atoms with E-state index in [1.165, 1.54) is 10.9 Å². The molecule has 0 aromatic carbocycles. The fraction of sp³-hybridized carbons (Fsp3) is 0.500. The van der Waals surface area contributed by atoms with Gasteiger partial charge in [-0.1, -0.05) is 0 Å². The van der Waals surface area contributed by atoms with Crippen LogP contribution >= 0.6 is 0 Å². The molecule has 9 heteroatoms. The number of nitrogens with two attached hydrogens (primary N) is 1. The summed E-state index contributed by atoms with van der Waals surface area (Å²) in [5.41, 5.74) is 5.40. The van der Waals surface area contributed by atoms with Crippen molar-refractivity contribution in [2.24, 2.45) is 0 Å². The zero-order valence-corrected chi connectivity index (χ0v) is 9.85. The van der Waals surface area contributed by atoms with E-state index in [2.05, 4.69) is 15.1 Å². The number of anilines is 1. The van der Waals surface area contributed by atoms with E-state index in [0.717, 1.165) is 0 Å². The van der Waals surface area contributed by atoms with Crippen molar-refractivity contribution in [2.75, 3.05) is 12.3 Å². The van der Waals surface area contributed by atoms with Gasteiger partial charge in [-0.05, 0) is 0 Å². The molecule has 2 aromatic rings. The largest absolute Gasteiger partial charge is 0.394 e. The van der Waals surface area contributed by atoms with Gasteiger partial charge in [0, 0.05) is 6.42 Å². The topological polar surface area (TPSA) is 139 Å². The number of nitrogens with zero attached hydrogens (tertiary/aromatic N) is 3. The highest BCUT2D eigenvalue weighted by molar-refractivity contribution is 5.74. The second-order valence-corrected chi connectivity index (χ2v) is 4.39. The number of aliphatic hydroxyl groups is 2. The van der Waals surface area contributed by atoms with Crippen molar-refractivity contribution in [1.82, 2.24) is 19.7 Å². The van der Waals surface area contributed by atoms with Crippen LogP contribution in [0.4, 0.5) is 5.95 Å². The Hall–Kier alpha value is -1.97. The average molecular weight is 267 g/mol. The second-order valence-electron chi connectivity index (χ2n) is 4.39. The predicted octanol–water partition coefficient (Wildman–Crippen LogP) is -1.66. The predicted molar refractivity (Wildman–Crippen MR) is 64.2 cm³/mol. The summed E-state index contributed by atoms with van der Waals surface area (Å²) in [7, 11) is 0. The first-order valence-corrected chi connectivity index (χ1v) is 5.77. The summed E-state index contributed by atoms with van der Waals surface area (Å²) < 4.78 is 6.85. The van der Waals surface area contributed by atoms with E-state index in [4.69, 9.17) is 15.6 Å². The van der Waals surface area contributed by atoms with Crippen LogP contribution in [0, 0.1) is 0 Å². The van der Waals surface area contributed by atoms with Gasteiger partial charge < -0.3 is 20.7 Å². The van der Waals surface area contributed by atoms with Crippen LogP contribution in [0.15, 0.2) is 11.0 Å². The number of aromatic amines is 1. The fourth-order valence-electron chi connectivity index (χ4n) is 2.19. The molecule has 0 radical (unpaired) electrons. The Labute approximate surface area is 106 Å². The minimum atomic E-state index is -0.784. The number of aliphatic hydroxyl groups excluding tert-OH is 2. The average Bonchev–Trinajstić information content (AvgIpc) is 2.92. The lowest BCUT2D eigenvalue weighted by atomic mass is 10.2. The minimum absolute atomic E-state index is 0.0171. The van der Waals surface area contributed by atoms with Gasteiger partial charge in [-0.3, -0.25) is 9.78 Å². The van der Waals surface area contributed by atoms with Crippen molar-refractivity contribution in [2.45, 2.75) is 24.9 Å². The van der Waals surface area contributed by atoms with Gasteiger partial charge in [-0.15, -0.1) is 0 Å². The summed E-state index contributed by atoms with van der Waals surface area (Å²) in [6, 6.07) is 0. The maximum atomic E-state index is 11.7. The van der Waals surface area contributed by atoms with Crippen molar-refractivity contribution >= 4 is 17.0 Å². The molecule has 1 fully saturated rings. The highest BCUT2D eigenvalue weighted by Gasteiger charge is 2.35. The molecule has 5 N–H and O–H groups in total. The first-order valence-electron chi connectivity index (χ1n) is 5.77. The van der Waals surface area contributed by atoms with E-state index in [0.29, 0.717) is 5.39 Å². The summed E-state index contributed by atoms with van der Waals surface area (Å²) >= 11 is 0. The van der Waals surface area contributed by atoms with E-state index in [-0.39, 0.29) is 30.2 Å². The summed E-state index contributed by atoms with van der Waals surface area (Å²) in [5.74, 6) is -0.0171. The van der Waals surface area contributed by atoms with Crippen LogP contribution in [0.5, 0.6) is 0 Å². The Balaban J connectivity index is 2.05. The van der Waals surface area contributed by atoms with Crippen molar-refractivity contribution < 1.29 is 14.9 Å². The molecule has 0 bridgehead atoms. The van der Waals surface area contributed by atoms with E-state index >= 15 is 0 Å². The van der Waals surface area contributed by atoms with E-state index in [1.807, 2.05) is 0 Å². The second kappa shape index (κ2) is 4.30. The third kappa shape index (κ3) is 1.87. The highest BCUT2D eigenvalue weighted by atomic mass is 16.5. The lowest BCUT2D eigenvalue weighted by Crippen LogP contribution is -2.24. The van der Waals surface area contributed by atoms with E-state index in [1.54, 1.807) is 0 Å². The Morgan fingerprint density at radius 3 is 3.11 bits per heavy atom. The Bertz CT molecular complexity index is 665. The molecule has 19 heavy (non-hydrogen) atoms. The first-order chi connectivity index (χ1) is 9.10. The molecule has 0 unspecified atom stereocenters. The Kier molecular flexibility index (Phi) is 2.73. The first kappa shape index (κ1) is 12.1. The van der Waals surface area contributed by atoms with Gasteiger partial charge in [-0.25, -0.2) is 4.68 Å². The van der Waals surface area contributed by atoms with Crippen LogP contribution in [0.2, 0.25) is 0 Å². The molecule has 0 amide bonds. The number of hydrogen-bond donors (Lipinski definition) is 4. The molecule has 2 aromatic heterocycles. The Morgan fingerprint density at radius 2 is 2.42 bits per heavy atom. The van der Waals surface area contributed by atoms with Crippen LogP contribution in [0.3, 0.4) is 0 Å². The van der Waals surface area contributed by atoms with Gasteiger partial charge in [0.2, 0.25) is 5.95 Å². The van der Waals surface area contributed by atoms with Crippen molar-refractivity contribution in [3.8, 4) is 0 Å². The summed E-state index contributed by atoms with van der Waals surface area (Å²) in [4.78, 5) is 18.0. The van der Waals surface area contributed by atoms with E-state index < -0.39 is 18.4 Å². The molecule has 3 heterocycles. The smallest absolute Gasteiger partial charge is 0.263 e. The van der Waals surface area contributed by atoms with E-state index in [9.17, 15) is 9.90 Å². The maximum absolute atomic E-state index is 11.7. The minimum Gasteiger partial charge on any atom is -0.394 e. The molecule has 3 rings (SSSR count). The SMILES string of the molecule is Nc1nc2c(cnn2[C@@H]2C[C@H](O)[C@@H](CO)O2)c(=O)[nH]1. The van der Waals surface area contributed by atoms with Gasteiger partial charge in [0.1, 0.15) is 11.5 Å². The molecule has 0 saturated carbocycles. The monoisotopic (exact) mass is 267 g/mol. The number of nitrogens with one attached hydrogen (secondary N) is 1.